The summed E-state index contributed by atoms with van der Waals surface area (Å²) < 4.78 is 26.6. The maximum absolute atomic E-state index is 13.0. The summed E-state index contributed by atoms with van der Waals surface area (Å²) in [6.45, 7) is 2.99. The van der Waals surface area contributed by atoms with E-state index in [0.717, 1.165) is 22.9 Å². The van der Waals surface area contributed by atoms with Gasteiger partial charge in [-0.3, -0.25) is 9.52 Å². The van der Waals surface area contributed by atoms with E-state index < -0.39 is 10.0 Å². The number of fused-ring (bicyclic) bond motifs is 3. The Labute approximate surface area is 164 Å². The second-order valence-electron chi connectivity index (χ2n) is 7.11. The first kappa shape index (κ1) is 18.6. The number of aromatic nitrogens is 1. The van der Waals surface area contributed by atoms with Gasteiger partial charge in [0.2, 0.25) is 10.0 Å². The Kier molecular flexibility index (Phi) is 4.85. The highest BCUT2D eigenvalue weighted by Gasteiger charge is 2.25. The topological polar surface area (TPSA) is 82.3 Å². The molecule has 0 saturated heterocycles. The van der Waals surface area contributed by atoms with E-state index >= 15 is 0 Å². The summed E-state index contributed by atoms with van der Waals surface area (Å²) in [5, 5.41) is 1.15. The van der Waals surface area contributed by atoms with E-state index in [-0.39, 0.29) is 11.7 Å². The number of carbonyl (C=O) groups excluding carboxylic acids is 1. The van der Waals surface area contributed by atoms with Gasteiger partial charge >= 0.3 is 0 Å². The maximum atomic E-state index is 13.0. The molecule has 0 atom stereocenters. The van der Waals surface area contributed by atoms with Crippen LogP contribution < -0.4 is 4.72 Å². The number of carbonyl (C=O) groups is 1. The monoisotopic (exact) mass is 397 g/mol. The second-order valence-corrected chi connectivity index (χ2v) is 8.95. The van der Waals surface area contributed by atoms with E-state index in [4.69, 9.17) is 0 Å². The van der Waals surface area contributed by atoms with E-state index in [9.17, 15) is 13.2 Å². The third-order valence-electron chi connectivity index (χ3n) is 5.03. The van der Waals surface area contributed by atoms with E-state index in [1.54, 1.807) is 24.3 Å². The first-order chi connectivity index (χ1) is 13.5. The summed E-state index contributed by atoms with van der Waals surface area (Å²) >= 11 is 0. The predicted molar refractivity (Wildman–Crippen MR) is 111 cm³/mol. The van der Waals surface area contributed by atoms with Crippen molar-refractivity contribution in [3.63, 3.8) is 0 Å². The molecule has 0 fully saturated rings. The quantitative estimate of drug-likeness (QED) is 0.691. The van der Waals surface area contributed by atoms with Gasteiger partial charge in [0.1, 0.15) is 0 Å². The first-order valence-corrected chi connectivity index (χ1v) is 11.1. The molecule has 146 valence electrons. The van der Waals surface area contributed by atoms with Gasteiger partial charge in [-0.1, -0.05) is 31.2 Å². The summed E-state index contributed by atoms with van der Waals surface area (Å²) in [7, 11) is -3.39. The van der Waals surface area contributed by atoms with Crippen LogP contribution in [0.4, 0.5) is 5.69 Å². The van der Waals surface area contributed by atoms with Gasteiger partial charge in [0.25, 0.3) is 5.91 Å². The number of anilines is 1. The number of H-pyrrole nitrogens is 1. The van der Waals surface area contributed by atoms with Crippen molar-refractivity contribution in [3.8, 4) is 0 Å². The lowest BCUT2D eigenvalue weighted by Gasteiger charge is -2.27. The summed E-state index contributed by atoms with van der Waals surface area (Å²) in [6.07, 6.45) is 1.31. The van der Waals surface area contributed by atoms with Crippen LogP contribution in [0.15, 0.2) is 48.5 Å². The van der Waals surface area contributed by atoms with E-state index in [2.05, 4.69) is 15.8 Å². The number of amides is 1. The van der Waals surface area contributed by atoms with Gasteiger partial charge in [-0.15, -0.1) is 0 Å². The van der Waals surface area contributed by atoms with Gasteiger partial charge in [-0.05, 0) is 30.7 Å². The molecule has 6 nitrogen and oxygen atoms in total. The molecule has 0 spiro atoms. The zero-order valence-corrected chi connectivity index (χ0v) is 16.6. The van der Waals surface area contributed by atoms with Crippen LogP contribution in [0.2, 0.25) is 0 Å². The van der Waals surface area contributed by atoms with Crippen LogP contribution in [0.5, 0.6) is 0 Å². The van der Waals surface area contributed by atoms with Crippen LogP contribution in [0.25, 0.3) is 10.9 Å². The minimum atomic E-state index is -3.39. The van der Waals surface area contributed by atoms with E-state index in [1.807, 2.05) is 30.0 Å². The molecule has 0 bridgehead atoms. The Morgan fingerprint density at radius 1 is 1.18 bits per heavy atom. The number of nitrogens with zero attached hydrogens (tertiary/aromatic N) is 1. The third-order valence-corrected chi connectivity index (χ3v) is 6.52. The lowest BCUT2D eigenvalue weighted by Crippen LogP contribution is -2.35. The molecule has 2 N–H and O–H groups in total. The SMILES string of the molecule is CCCS(=O)(=O)Nc1cccc(C(=O)N2CCc3[nH]c4ccccc4c3C2)c1. The van der Waals surface area contributed by atoms with Gasteiger partial charge in [-0.2, -0.15) is 0 Å². The predicted octanol–water partition coefficient (Wildman–Crippen LogP) is 3.52. The highest BCUT2D eigenvalue weighted by molar-refractivity contribution is 7.92. The van der Waals surface area contributed by atoms with Gasteiger partial charge < -0.3 is 9.88 Å². The summed E-state index contributed by atoms with van der Waals surface area (Å²) in [6, 6.07) is 14.8. The number of sulfonamides is 1. The summed E-state index contributed by atoms with van der Waals surface area (Å²) in [4.78, 5) is 18.3. The zero-order chi connectivity index (χ0) is 19.7. The van der Waals surface area contributed by atoms with Crippen molar-refractivity contribution in [1.29, 1.82) is 0 Å². The smallest absolute Gasteiger partial charge is 0.254 e. The van der Waals surface area contributed by atoms with Crippen molar-refractivity contribution in [1.82, 2.24) is 9.88 Å². The molecule has 0 unspecified atom stereocenters. The zero-order valence-electron chi connectivity index (χ0n) is 15.7. The molecule has 0 aliphatic carbocycles. The second kappa shape index (κ2) is 7.31. The van der Waals surface area contributed by atoms with Crippen LogP contribution in [-0.2, 0) is 23.0 Å². The number of hydrogen-bond donors (Lipinski definition) is 2. The number of nitrogens with one attached hydrogen (secondary N) is 2. The molecule has 1 amide bonds. The van der Waals surface area contributed by atoms with Gasteiger partial charge in [0.05, 0.1) is 5.75 Å². The van der Waals surface area contributed by atoms with Crippen molar-refractivity contribution < 1.29 is 13.2 Å². The molecule has 1 aliphatic rings. The Bertz CT molecular complexity index is 1130. The fourth-order valence-electron chi connectivity index (χ4n) is 3.74. The van der Waals surface area contributed by atoms with Crippen molar-refractivity contribution in [2.24, 2.45) is 0 Å². The lowest BCUT2D eigenvalue weighted by atomic mass is 10.0. The fraction of sp³-hybridized carbons (Fsp3) is 0.286. The third kappa shape index (κ3) is 3.62. The standard InChI is InChI=1S/C21H23N3O3S/c1-2-12-28(26,27)23-16-7-5-6-15(13-16)21(25)24-11-10-20-18(14-24)17-8-3-4-9-19(17)22-20/h3-9,13,22-23H,2,10-12,14H2,1H3. The fourth-order valence-corrected chi connectivity index (χ4v) is 4.86. The molecule has 2 heterocycles. The molecule has 1 aliphatic heterocycles. The molecule has 0 saturated carbocycles. The maximum Gasteiger partial charge on any atom is 0.254 e. The molecule has 3 aromatic rings. The lowest BCUT2D eigenvalue weighted by molar-refractivity contribution is 0.0735. The van der Waals surface area contributed by atoms with Gasteiger partial charge in [-0.25, -0.2) is 8.42 Å². The summed E-state index contributed by atoms with van der Waals surface area (Å²) in [5.41, 5.74) is 4.35. The minimum Gasteiger partial charge on any atom is -0.358 e. The van der Waals surface area contributed by atoms with Crippen LogP contribution in [0, 0.1) is 0 Å². The molecular weight excluding hydrogens is 374 g/mol. The number of hydrogen-bond acceptors (Lipinski definition) is 3. The number of aromatic amines is 1. The van der Waals surface area contributed by atoms with Crippen LogP contribution >= 0.6 is 0 Å². The molecule has 2 aromatic carbocycles. The molecule has 4 rings (SSSR count). The highest BCUT2D eigenvalue weighted by Crippen LogP contribution is 2.28. The Morgan fingerprint density at radius 3 is 2.82 bits per heavy atom. The molecule has 1 aromatic heterocycles. The van der Waals surface area contributed by atoms with Crippen molar-refractivity contribution >= 4 is 32.5 Å². The van der Waals surface area contributed by atoms with Crippen molar-refractivity contribution in [2.75, 3.05) is 17.0 Å². The highest BCUT2D eigenvalue weighted by atomic mass is 32.2. The Balaban J connectivity index is 1.56. The van der Waals surface area contributed by atoms with Crippen LogP contribution in [0.3, 0.4) is 0 Å². The Hall–Kier alpha value is -2.80. The molecular formula is C21H23N3O3S. The van der Waals surface area contributed by atoms with Crippen molar-refractivity contribution in [2.45, 2.75) is 26.3 Å². The largest absolute Gasteiger partial charge is 0.358 e. The number of benzene rings is 2. The van der Waals surface area contributed by atoms with Crippen molar-refractivity contribution in [3.05, 3.63) is 65.4 Å². The normalized spacial score (nSPS) is 14.1. The first-order valence-electron chi connectivity index (χ1n) is 9.45. The van der Waals surface area contributed by atoms with E-state index in [1.165, 1.54) is 5.69 Å². The number of para-hydroxylation sites is 1. The molecule has 28 heavy (non-hydrogen) atoms. The number of rotatable bonds is 5. The van der Waals surface area contributed by atoms with Crippen LogP contribution in [-0.4, -0.2) is 36.5 Å². The van der Waals surface area contributed by atoms with Crippen LogP contribution in [0.1, 0.15) is 35.0 Å². The van der Waals surface area contributed by atoms with E-state index in [0.29, 0.717) is 30.8 Å². The molecule has 0 radical (unpaired) electrons. The Morgan fingerprint density at radius 2 is 2.00 bits per heavy atom. The molecule has 7 heteroatoms. The van der Waals surface area contributed by atoms with Gasteiger partial charge in [0, 0.05) is 52.9 Å². The van der Waals surface area contributed by atoms with Gasteiger partial charge in [0.15, 0.2) is 0 Å². The summed E-state index contributed by atoms with van der Waals surface area (Å²) in [5.74, 6) is -0.0341. The minimum absolute atomic E-state index is 0.0562. The average Bonchev–Trinajstić information content (AvgIpc) is 3.05. The average molecular weight is 398 g/mol.